The maximum atomic E-state index is 12.1. The van der Waals surface area contributed by atoms with Crippen molar-refractivity contribution in [2.75, 3.05) is 0 Å². The summed E-state index contributed by atoms with van der Waals surface area (Å²) in [7, 11) is 0. The van der Waals surface area contributed by atoms with Crippen LogP contribution in [0.3, 0.4) is 0 Å². The summed E-state index contributed by atoms with van der Waals surface area (Å²) in [5.74, 6) is -0.734. The normalized spacial score (nSPS) is 30.4. The topological polar surface area (TPSA) is 66.8 Å². The van der Waals surface area contributed by atoms with E-state index in [4.69, 9.17) is 4.74 Å². The van der Waals surface area contributed by atoms with Crippen LogP contribution in [-0.4, -0.2) is 39.8 Å². The first kappa shape index (κ1) is 12.9. The van der Waals surface area contributed by atoms with Crippen LogP contribution in [0.2, 0.25) is 0 Å². The van der Waals surface area contributed by atoms with Gasteiger partial charge in [0.05, 0.1) is 6.04 Å². The number of nitrogens with zero attached hydrogens (tertiary/aromatic N) is 1. The summed E-state index contributed by atoms with van der Waals surface area (Å²) < 4.78 is 5.30. The van der Waals surface area contributed by atoms with Gasteiger partial charge in [0.1, 0.15) is 11.6 Å². The van der Waals surface area contributed by atoms with Crippen molar-refractivity contribution in [3.63, 3.8) is 0 Å². The summed E-state index contributed by atoms with van der Waals surface area (Å²) in [6, 6.07) is -0.888. The van der Waals surface area contributed by atoms with E-state index in [0.717, 1.165) is 6.42 Å². The third-order valence-electron chi connectivity index (χ3n) is 3.33. The van der Waals surface area contributed by atoms with Crippen molar-refractivity contribution in [2.24, 2.45) is 5.92 Å². The average molecular weight is 253 g/mol. The van der Waals surface area contributed by atoms with Crippen LogP contribution in [0.4, 0.5) is 4.79 Å². The first-order valence-corrected chi connectivity index (χ1v) is 6.20. The fourth-order valence-corrected chi connectivity index (χ4v) is 2.64. The molecule has 0 aromatic carbocycles. The Labute approximate surface area is 106 Å². The van der Waals surface area contributed by atoms with Crippen molar-refractivity contribution in [3.05, 3.63) is 12.2 Å². The van der Waals surface area contributed by atoms with Crippen LogP contribution < -0.4 is 0 Å². The lowest BCUT2D eigenvalue weighted by molar-refractivity contribution is -0.142. The number of fused-ring (bicyclic) bond motifs is 1. The van der Waals surface area contributed by atoms with E-state index < -0.39 is 23.7 Å². The number of carbonyl (C=O) groups excluding carboxylic acids is 1. The minimum absolute atomic E-state index is 0.124. The van der Waals surface area contributed by atoms with Crippen molar-refractivity contribution >= 4 is 12.1 Å². The van der Waals surface area contributed by atoms with E-state index in [-0.39, 0.29) is 12.0 Å². The number of rotatable bonds is 1. The predicted molar refractivity (Wildman–Crippen MR) is 65.1 cm³/mol. The lowest BCUT2D eigenvalue weighted by Crippen LogP contribution is -2.46. The van der Waals surface area contributed by atoms with E-state index in [1.54, 1.807) is 20.8 Å². The summed E-state index contributed by atoms with van der Waals surface area (Å²) in [5.41, 5.74) is -0.611. The van der Waals surface area contributed by atoms with Gasteiger partial charge < -0.3 is 9.84 Å². The van der Waals surface area contributed by atoms with Crippen molar-refractivity contribution in [1.82, 2.24) is 4.90 Å². The number of carboxylic acids is 1. The number of ether oxygens (including phenoxy) is 1. The molecule has 2 rings (SSSR count). The van der Waals surface area contributed by atoms with Crippen LogP contribution in [0.1, 0.15) is 33.6 Å². The third kappa shape index (κ3) is 2.35. The lowest BCUT2D eigenvalue weighted by Gasteiger charge is -2.29. The van der Waals surface area contributed by atoms with Gasteiger partial charge in [-0.2, -0.15) is 0 Å². The SMILES string of the molecule is CC(C)(C)OC(=O)N1[C@@H]2C=CC[C@@H]2C[C@H]1C(=O)O. The molecule has 1 aliphatic heterocycles. The maximum absolute atomic E-state index is 12.1. The van der Waals surface area contributed by atoms with E-state index >= 15 is 0 Å². The Morgan fingerprint density at radius 2 is 2.06 bits per heavy atom. The molecule has 5 heteroatoms. The number of amides is 1. The zero-order valence-electron chi connectivity index (χ0n) is 10.9. The van der Waals surface area contributed by atoms with Gasteiger partial charge in [0.15, 0.2) is 0 Å². The quantitative estimate of drug-likeness (QED) is 0.726. The van der Waals surface area contributed by atoms with Gasteiger partial charge in [0, 0.05) is 0 Å². The van der Waals surface area contributed by atoms with Gasteiger partial charge in [-0.3, -0.25) is 4.90 Å². The molecule has 1 amide bonds. The molecule has 0 aromatic heterocycles. The molecular formula is C13H19NO4. The Morgan fingerprint density at radius 3 is 2.61 bits per heavy atom. The van der Waals surface area contributed by atoms with Crippen LogP contribution in [0.5, 0.6) is 0 Å². The van der Waals surface area contributed by atoms with E-state index in [1.807, 2.05) is 12.2 Å². The molecule has 18 heavy (non-hydrogen) atoms. The predicted octanol–water partition coefficient (Wildman–Crippen LogP) is 2.03. The van der Waals surface area contributed by atoms with Gasteiger partial charge in [-0.15, -0.1) is 0 Å². The van der Waals surface area contributed by atoms with Gasteiger partial charge in [-0.1, -0.05) is 12.2 Å². The van der Waals surface area contributed by atoms with Gasteiger partial charge in [0.25, 0.3) is 0 Å². The van der Waals surface area contributed by atoms with Gasteiger partial charge >= 0.3 is 12.1 Å². The first-order chi connectivity index (χ1) is 8.29. The number of aliphatic carboxylic acids is 1. The number of allylic oxidation sites excluding steroid dienone is 1. The second-order valence-electron chi connectivity index (χ2n) is 5.89. The highest BCUT2D eigenvalue weighted by atomic mass is 16.6. The zero-order valence-corrected chi connectivity index (χ0v) is 10.9. The van der Waals surface area contributed by atoms with E-state index in [9.17, 15) is 14.7 Å². The number of hydrogen-bond acceptors (Lipinski definition) is 3. The second kappa shape index (κ2) is 4.30. The van der Waals surface area contributed by atoms with Gasteiger partial charge in [-0.05, 0) is 39.5 Å². The number of carboxylic acid groups (broad SMARTS) is 1. The summed E-state index contributed by atoms with van der Waals surface area (Å²) in [5, 5.41) is 9.21. The van der Waals surface area contributed by atoms with Crippen LogP contribution in [0.15, 0.2) is 12.2 Å². The molecule has 1 N–H and O–H groups in total. The molecule has 1 aliphatic carbocycles. The molecule has 0 aromatic rings. The first-order valence-electron chi connectivity index (χ1n) is 6.20. The summed E-state index contributed by atoms with van der Waals surface area (Å²) in [4.78, 5) is 24.7. The van der Waals surface area contributed by atoms with Crippen molar-refractivity contribution in [2.45, 2.75) is 51.3 Å². The Kier molecular flexibility index (Phi) is 3.09. The van der Waals surface area contributed by atoms with Crippen LogP contribution in [0, 0.1) is 5.92 Å². The van der Waals surface area contributed by atoms with Crippen LogP contribution in [0.25, 0.3) is 0 Å². The Balaban J connectivity index is 2.18. The molecule has 0 bridgehead atoms. The Morgan fingerprint density at radius 1 is 1.39 bits per heavy atom. The minimum Gasteiger partial charge on any atom is -0.480 e. The highest BCUT2D eigenvalue weighted by molar-refractivity contribution is 5.81. The maximum Gasteiger partial charge on any atom is 0.411 e. The van der Waals surface area contributed by atoms with E-state index in [0.29, 0.717) is 6.42 Å². The number of carbonyl (C=O) groups is 2. The molecule has 1 saturated heterocycles. The lowest BCUT2D eigenvalue weighted by atomic mass is 10.0. The molecule has 5 nitrogen and oxygen atoms in total. The number of hydrogen-bond donors (Lipinski definition) is 1. The largest absolute Gasteiger partial charge is 0.480 e. The van der Waals surface area contributed by atoms with Crippen LogP contribution in [-0.2, 0) is 9.53 Å². The molecule has 0 unspecified atom stereocenters. The molecule has 3 atom stereocenters. The average Bonchev–Trinajstić information content (AvgIpc) is 2.70. The van der Waals surface area contributed by atoms with E-state index in [1.165, 1.54) is 4.90 Å². The van der Waals surface area contributed by atoms with Gasteiger partial charge in [-0.25, -0.2) is 9.59 Å². The second-order valence-corrected chi connectivity index (χ2v) is 5.89. The monoisotopic (exact) mass is 253 g/mol. The molecule has 0 spiro atoms. The zero-order chi connectivity index (χ0) is 13.5. The molecule has 0 radical (unpaired) electrons. The summed E-state index contributed by atoms with van der Waals surface area (Å²) in [6.07, 6.45) is 4.73. The standard InChI is InChI=1S/C13H19NO4/c1-13(2,3)18-12(17)14-9-6-4-5-8(9)7-10(14)11(15)16/h4,6,8-10H,5,7H2,1-3H3,(H,15,16)/t8-,9-,10+/m1/s1. The van der Waals surface area contributed by atoms with Crippen molar-refractivity contribution < 1.29 is 19.4 Å². The molecule has 1 heterocycles. The highest BCUT2D eigenvalue weighted by Gasteiger charge is 2.48. The molecular weight excluding hydrogens is 234 g/mol. The minimum atomic E-state index is -0.955. The summed E-state index contributed by atoms with van der Waals surface area (Å²) in [6.45, 7) is 5.33. The Hall–Kier alpha value is -1.52. The van der Waals surface area contributed by atoms with Crippen molar-refractivity contribution in [3.8, 4) is 0 Å². The fraction of sp³-hybridized carbons (Fsp3) is 0.692. The molecule has 0 saturated carbocycles. The number of likely N-dealkylation sites (tertiary alicyclic amines) is 1. The molecule has 100 valence electrons. The molecule has 2 aliphatic rings. The van der Waals surface area contributed by atoms with E-state index in [2.05, 4.69) is 0 Å². The smallest absolute Gasteiger partial charge is 0.411 e. The van der Waals surface area contributed by atoms with Crippen LogP contribution >= 0.6 is 0 Å². The van der Waals surface area contributed by atoms with Crippen molar-refractivity contribution in [1.29, 1.82) is 0 Å². The summed E-state index contributed by atoms with van der Waals surface area (Å²) >= 11 is 0. The fourth-order valence-electron chi connectivity index (χ4n) is 2.64. The highest BCUT2D eigenvalue weighted by Crippen LogP contribution is 2.38. The molecule has 1 fully saturated rings. The van der Waals surface area contributed by atoms with Gasteiger partial charge in [0.2, 0.25) is 0 Å². The third-order valence-corrected chi connectivity index (χ3v) is 3.33. The Bertz CT molecular complexity index is 396.